The Kier molecular flexibility index (Phi) is 6.41. The molecule has 1 N–H and O–H groups in total. The summed E-state index contributed by atoms with van der Waals surface area (Å²) in [6.45, 7) is 5.16. The number of benzene rings is 2. The zero-order valence-electron chi connectivity index (χ0n) is 20.3. The van der Waals surface area contributed by atoms with Crippen LogP contribution in [0.2, 0.25) is 0 Å². The topological polar surface area (TPSA) is 77.6 Å². The molecule has 3 aromatic heterocycles. The number of halogens is 1. The third-order valence-corrected chi connectivity index (χ3v) is 6.26. The summed E-state index contributed by atoms with van der Waals surface area (Å²) in [6.07, 6.45) is 4.06. The number of rotatable bonds is 8. The van der Waals surface area contributed by atoms with Gasteiger partial charge in [0.25, 0.3) is 5.56 Å². The monoisotopic (exact) mass is 485 g/mol. The number of hydrogen-bond acceptors (Lipinski definition) is 3. The molecule has 0 fully saturated rings. The van der Waals surface area contributed by atoms with Gasteiger partial charge in [0, 0.05) is 30.4 Å². The van der Waals surface area contributed by atoms with Gasteiger partial charge in [0.2, 0.25) is 0 Å². The third kappa shape index (κ3) is 4.66. The van der Waals surface area contributed by atoms with Crippen LogP contribution in [0.4, 0.5) is 4.39 Å². The normalized spacial score (nSPS) is 11.6. The Morgan fingerprint density at radius 2 is 1.75 bits per heavy atom. The van der Waals surface area contributed by atoms with Gasteiger partial charge in [0.05, 0.1) is 24.0 Å². The van der Waals surface area contributed by atoms with E-state index in [0.717, 1.165) is 11.1 Å². The molecule has 2 aromatic carbocycles. The first-order chi connectivity index (χ1) is 17.4. The van der Waals surface area contributed by atoms with Crippen molar-refractivity contribution < 1.29 is 4.39 Å². The predicted octanol–water partition coefficient (Wildman–Crippen LogP) is 4.44. The van der Waals surface area contributed by atoms with Crippen LogP contribution in [0.1, 0.15) is 25.0 Å². The number of nitrogens with zero attached hydrogens (tertiary/aromatic N) is 4. The van der Waals surface area contributed by atoms with E-state index in [1.54, 1.807) is 39.8 Å². The lowest BCUT2D eigenvalue weighted by Crippen LogP contribution is -2.41. The molecule has 0 saturated heterocycles. The van der Waals surface area contributed by atoms with Crippen LogP contribution in [0.3, 0.4) is 0 Å². The number of H-pyrrole nitrogens is 1. The lowest BCUT2D eigenvalue weighted by atomic mass is 10.1. The summed E-state index contributed by atoms with van der Waals surface area (Å²) < 4.78 is 18.7. The maximum Gasteiger partial charge on any atom is 0.331 e. The van der Waals surface area contributed by atoms with Crippen LogP contribution < -0.4 is 11.2 Å². The van der Waals surface area contributed by atoms with Crippen molar-refractivity contribution in [3.05, 3.63) is 111 Å². The quantitative estimate of drug-likeness (QED) is 0.353. The Morgan fingerprint density at radius 1 is 1.00 bits per heavy atom. The Labute approximate surface area is 207 Å². The van der Waals surface area contributed by atoms with E-state index < -0.39 is 0 Å². The van der Waals surface area contributed by atoms with E-state index >= 15 is 0 Å². The minimum Gasteiger partial charge on any atom is -0.349 e. The summed E-state index contributed by atoms with van der Waals surface area (Å²) in [6, 6.07) is 18.2. The maximum atomic E-state index is 14.1. The van der Waals surface area contributed by atoms with Gasteiger partial charge in [-0.05, 0) is 30.0 Å². The first kappa shape index (κ1) is 23.5. The molecule has 0 amide bonds. The first-order valence-electron chi connectivity index (χ1n) is 12.1. The van der Waals surface area contributed by atoms with Crippen molar-refractivity contribution in [3.63, 3.8) is 0 Å². The van der Waals surface area contributed by atoms with Crippen LogP contribution in [-0.4, -0.2) is 23.9 Å². The summed E-state index contributed by atoms with van der Waals surface area (Å²) in [5, 5.41) is 4.37. The van der Waals surface area contributed by atoms with Gasteiger partial charge in [-0.2, -0.15) is 5.10 Å². The van der Waals surface area contributed by atoms with Gasteiger partial charge in [-0.3, -0.25) is 18.6 Å². The van der Waals surface area contributed by atoms with Crippen molar-refractivity contribution >= 4 is 11.0 Å². The minimum absolute atomic E-state index is 0.216. The molecule has 0 spiro atoms. The zero-order chi connectivity index (χ0) is 25.2. The van der Waals surface area contributed by atoms with E-state index in [9.17, 15) is 14.0 Å². The first-order valence-corrected chi connectivity index (χ1v) is 12.1. The van der Waals surface area contributed by atoms with Crippen LogP contribution in [-0.2, 0) is 26.1 Å². The second kappa shape index (κ2) is 9.81. The van der Waals surface area contributed by atoms with Crippen LogP contribution in [0, 0.1) is 11.7 Å². The van der Waals surface area contributed by atoms with Crippen LogP contribution in [0.25, 0.3) is 22.3 Å². The van der Waals surface area contributed by atoms with Crippen molar-refractivity contribution in [3.8, 4) is 11.3 Å². The molecular formula is C28H28FN5O2. The molecule has 3 heterocycles. The summed E-state index contributed by atoms with van der Waals surface area (Å²) >= 11 is 0. The van der Waals surface area contributed by atoms with Gasteiger partial charge in [-0.1, -0.05) is 62.4 Å². The van der Waals surface area contributed by atoms with Crippen molar-refractivity contribution in [2.45, 2.75) is 39.9 Å². The van der Waals surface area contributed by atoms with Crippen LogP contribution >= 0.6 is 0 Å². The van der Waals surface area contributed by atoms with E-state index in [2.05, 4.69) is 10.1 Å². The highest BCUT2D eigenvalue weighted by Gasteiger charge is 2.18. The minimum atomic E-state index is -0.337. The fraction of sp³-hybridized carbons (Fsp3) is 0.250. The third-order valence-electron chi connectivity index (χ3n) is 6.26. The maximum absolute atomic E-state index is 14.1. The van der Waals surface area contributed by atoms with E-state index in [-0.39, 0.29) is 29.5 Å². The Morgan fingerprint density at radius 3 is 2.50 bits per heavy atom. The van der Waals surface area contributed by atoms with Crippen LogP contribution in [0.15, 0.2) is 82.6 Å². The lowest BCUT2D eigenvalue weighted by molar-refractivity contribution is 0.489. The molecule has 0 aliphatic rings. The van der Waals surface area contributed by atoms with Gasteiger partial charge in [-0.25, -0.2) is 9.18 Å². The van der Waals surface area contributed by atoms with Crippen LogP contribution in [0.5, 0.6) is 0 Å². The van der Waals surface area contributed by atoms with E-state index in [1.807, 2.05) is 50.2 Å². The van der Waals surface area contributed by atoms with Gasteiger partial charge in [-0.15, -0.1) is 0 Å². The van der Waals surface area contributed by atoms with Crippen molar-refractivity contribution in [1.29, 1.82) is 0 Å². The highest BCUT2D eigenvalue weighted by atomic mass is 19.1. The zero-order valence-corrected chi connectivity index (χ0v) is 20.3. The Bertz CT molecular complexity index is 1630. The molecule has 0 unspecified atom stereocenters. The fourth-order valence-electron chi connectivity index (χ4n) is 4.46. The van der Waals surface area contributed by atoms with E-state index in [4.69, 9.17) is 0 Å². The second-order valence-corrected chi connectivity index (χ2v) is 9.44. The van der Waals surface area contributed by atoms with Gasteiger partial charge >= 0.3 is 5.69 Å². The number of aromatic amines is 1. The molecule has 5 aromatic rings. The Hall–Kier alpha value is -4.20. The number of hydrogen-bond donors (Lipinski definition) is 1. The molecule has 0 aliphatic heterocycles. The second-order valence-electron chi connectivity index (χ2n) is 9.44. The predicted molar refractivity (Wildman–Crippen MR) is 139 cm³/mol. The summed E-state index contributed by atoms with van der Waals surface area (Å²) in [5.41, 5.74) is 3.35. The SMILES string of the molecule is CC(C)Cn1c(=O)n(CCc2ccccc2)c(=O)c2[nH]c(-c3cnn(Cc4ccccc4F)c3)cc21. The molecule has 184 valence electrons. The Balaban J connectivity index is 1.53. The highest BCUT2D eigenvalue weighted by molar-refractivity contribution is 5.82. The number of nitrogens with one attached hydrogen (secondary N) is 1. The molecule has 5 rings (SSSR count). The standard InChI is InChI=1S/C28H28FN5O2/c1-19(2)16-34-25-14-24(22-15-30-32(18-22)17-21-10-6-7-11-23(21)29)31-26(25)27(35)33(28(34)36)13-12-20-8-4-3-5-9-20/h3-11,14-15,18-19,31H,12-13,16-17H2,1-2H3. The molecule has 0 atom stereocenters. The number of aromatic nitrogens is 5. The van der Waals surface area contributed by atoms with Crippen molar-refractivity contribution in [2.24, 2.45) is 5.92 Å². The summed E-state index contributed by atoms with van der Waals surface area (Å²) in [4.78, 5) is 30.0. The average Bonchev–Trinajstić information content (AvgIpc) is 3.51. The molecular weight excluding hydrogens is 457 g/mol. The van der Waals surface area contributed by atoms with Gasteiger partial charge < -0.3 is 4.98 Å². The van der Waals surface area contributed by atoms with Gasteiger partial charge in [0.15, 0.2) is 0 Å². The lowest BCUT2D eigenvalue weighted by Gasteiger charge is -2.13. The van der Waals surface area contributed by atoms with E-state index in [1.165, 1.54) is 10.6 Å². The molecule has 0 radical (unpaired) electrons. The van der Waals surface area contributed by atoms with Crippen molar-refractivity contribution in [2.75, 3.05) is 0 Å². The average molecular weight is 486 g/mol. The number of aryl methyl sites for hydroxylation is 1. The van der Waals surface area contributed by atoms with Gasteiger partial charge in [0.1, 0.15) is 11.3 Å². The molecule has 0 aliphatic carbocycles. The molecule has 7 nitrogen and oxygen atoms in total. The van der Waals surface area contributed by atoms with E-state index in [0.29, 0.717) is 41.8 Å². The molecule has 8 heteroatoms. The molecule has 0 bridgehead atoms. The smallest absolute Gasteiger partial charge is 0.331 e. The molecule has 0 saturated carbocycles. The van der Waals surface area contributed by atoms with Crippen molar-refractivity contribution in [1.82, 2.24) is 23.9 Å². The fourth-order valence-corrected chi connectivity index (χ4v) is 4.46. The summed E-state index contributed by atoms with van der Waals surface area (Å²) in [7, 11) is 0. The highest BCUT2D eigenvalue weighted by Crippen LogP contribution is 2.23. The molecule has 36 heavy (non-hydrogen) atoms. The summed E-state index contributed by atoms with van der Waals surface area (Å²) in [5.74, 6) is -0.0678. The number of fused-ring (bicyclic) bond motifs is 1. The largest absolute Gasteiger partial charge is 0.349 e.